The van der Waals surface area contributed by atoms with E-state index in [1.807, 2.05) is 6.07 Å². The molecule has 0 amide bonds. The summed E-state index contributed by atoms with van der Waals surface area (Å²) in [4.78, 5) is 23.7. The first kappa shape index (κ1) is 26.8. The first-order valence-corrected chi connectivity index (χ1v) is 12.2. The summed E-state index contributed by atoms with van der Waals surface area (Å²) in [6, 6.07) is 15.0. The fourth-order valence-corrected chi connectivity index (χ4v) is 4.27. The molecule has 0 saturated heterocycles. The van der Waals surface area contributed by atoms with Crippen LogP contribution < -0.4 is 10.1 Å². The van der Waals surface area contributed by atoms with Crippen LogP contribution in [-0.4, -0.2) is 29.0 Å². The highest BCUT2D eigenvalue weighted by Gasteiger charge is 2.26. The van der Waals surface area contributed by atoms with Crippen molar-refractivity contribution >= 4 is 51.8 Å². The van der Waals surface area contributed by atoms with Gasteiger partial charge in [-0.25, -0.2) is 9.78 Å². The summed E-state index contributed by atoms with van der Waals surface area (Å²) >= 11 is 13.4. The summed E-state index contributed by atoms with van der Waals surface area (Å²) in [5.74, 6) is 0.823. The van der Waals surface area contributed by atoms with Crippen LogP contribution in [0.5, 0.6) is 5.75 Å². The molecule has 194 valence electrons. The summed E-state index contributed by atoms with van der Waals surface area (Å²) in [6.45, 7) is 2.96. The lowest BCUT2D eigenvalue weighted by atomic mass is 9.95. The van der Waals surface area contributed by atoms with Crippen molar-refractivity contribution in [2.75, 3.05) is 12.1 Å². The van der Waals surface area contributed by atoms with Crippen molar-refractivity contribution in [2.24, 2.45) is 5.11 Å². The van der Waals surface area contributed by atoms with Crippen LogP contribution in [0.25, 0.3) is 21.3 Å². The molecular formula is C26H22Cl2N6O4. The van der Waals surface area contributed by atoms with Crippen LogP contribution in [-0.2, 0) is 9.47 Å². The number of carbonyl (C=O) groups excluding carboxylic acids is 1. The minimum absolute atomic E-state index is 0.221. The highest BCUT2D eigenvalue weighted by Crippen LogP contribution is 2.43. The molecule has 12 heteroatoms. The molecule has 2 heterocycles. The molecule has 0 aliphatic rings. The topological polar surface area (TPSA) is 131 Å². The molecule has 0 spiro atoms. The molecule has 2 aromatic heterocycles. The molecule has 0 bridgehead atoms. The first-order chi connectivity index (χ1) is 18.4. The molecule has 1 unspecified atom stereocenters. The van der Waals surface area contributed by atoms with Crippen molar-refractivity contribution in [3.63, 3.8) is 0 Å². The van der Waals surface area contributed by atoms with E-state index in [0.717, 1.165) is 0 Å². The molecule has 38 heavy (non-hydrogen) atoms. The van der Waals surface area contributed by atoms with E-state index in [9.17, 15) is 4.79 Å². The second-order valence-corrected chi connectivity index (χ2v) is 8.95. The van der Waals surface area contributed by atoms with Gasteiger partial charge in [0.05, 0.1) is 27.9 Å². The summed E-state index contributed by atoms with van der Waals surface area (Å²) in [7, 11) is 0. The number of carbonyl (C=O) groups is 1. The third-order valence-corrected chi connectivity index (χ3v) is 6.00. The van der Waals surface area contributed by atoms with Gasteiger partial charge in [-0.3, -0.25) is 4.98 Å². The van der Waals surface area contributed by atoms with Crippen LogP contribution in [0.2, 0.25) is 10.0 Å². The summed E-state index contributed by atoms with van der Waals surface area (Å²) < 4.78 is 16.1. The Morgan fingerprint density at radius 2 is 1.89 bits per heavy atom. The van der Waals surface area contributed by atoms with Crippen LogP contribution in [0.3, 0.4) is 0 Å². The van der Waals surface area contributed by atoms with Crippen molar-refractivity contribution in [2.45, 2.75) is 26.0 Å². The van der Waals surface area contributed by atoms with Crippen LogP contribution in [0.1, 0.15) is 31.0 Å². The number of aromatic nitrogens is 2. The number of fused-ring (bicyclic) bond motifs is 1. The predicted molar refractivity (Wildman–Crippen MR) is 145 cm³/mol. The number of nitrogens with one attached hydrogen (secondary N) is 1. The lowest BCUT2D eigenvalue weighted by Gasteiger charge is -2.25. The van der Waals surface area contributed by atoms with Crippen molar-refractivity contribution < 1.29 is 19.0 Å². The number of benzene rings is 2. The van der Waals surface area contributed by atoms with E-state index < -0.39 is 19.0 Å². The minimum Gasteiger partial charge on any atom is -0.455 e. The Bertz CT molecular complexity index is 1500. The van der Waals surface area contributed by atoms with Crippen LogP contribution in [0, 0.1) is 0 Å². The smallest absolute Gasteiger partial charge is 0.455 e. The largest absolute Gasteiger partial charge is 0.511 e. The Morgan fingerprint density at radius 1 is 1.08 bits per heavy atom. The second kappa shape index (κ2) is 12.3. The van der Waals surface area contributed by atoms with E-state index in [1.165, 1.54) is 0 Å². The van der Waals surface area contributed by atoms with Gasteiger partial charge in [0.15, 0.2) is 5.75 Å². The summed E-state index contributed by atoms with van der Waals surface area (Å²) in [5, 5.41) is 8.30. The van der Waals surface area contributed by atoms with Crippen molar-refractivity contribution in [1.29, 1.82) is 0 Å². The number of hydrogen-bond acceptors (Lipinski definition) is 8. The van der Waals surface area contributed by atoms with Gasteiger partial charge in [-0.2, -0.15) is 0 Å². The number of anilines is 1. The average molecular weight is 553 g/mol. The number of nitrogens with zero attached hydrogens (tertiary/aromatic N) is 5. The highest BCUT2D eigenvalue weighted by atomic mass is 35.5. The van der Waals surface area contributed by atoms with Gasteiger partial charge in [0.2, 0.25) is 6.79 Å². The monoisotopic (exact) mass is 552 g/mol. The zero-order valence-corrected chi connectivity index (χ0v) is 21.8. The molecule has 0 fully saturated rings. The second-order valence-electron chi connectivity index (χ2n) is 8.16. The van der Waals surface area contributed by atoms with E-state index >= 15 is 0 Å². The molecule has 10 nitrogen and oxygen atoms in total. The maximum atomic E-state index is 11.9. The summed E-state index contributed by atoms with van der Waals surface area (Å²) in [6.07, 6.45) is 2.01. The lowest BCUT2D eigenvalue weighted by Crippen LogP contribution is -2.18. The molecule has 0 aliphatic heterocycles. The van der Waals surface area contributed by atoms with Crippen molar-refractivity contribution in [1.82, 2.24) is 9.97 Å². The number of pyridine rings is 2. The lowest BCUT2D eigenvalue weighted by molar-refractivity contribution is -0.00807. The van der Waals surface area contributed by atoms with Gasteiger partial charge in [0.25, 0.3) is 0 Å². The predicted octanol–water partition coefficient (Wildman–Crippen LogP) is 7.98. The standard InChI is InChI=1S/C26H22Cl2N6O4/c1-15(2)38-26(35)37-14-36-25-18(13-19(27)16-8-6-12-31-24(16)25)23(32-21-10-3-4-11-30-21)17-7-5-9-20(22(17)28)33-34-29/h3-13,15,23H,14H2,1-2H3,(H,30,32). The molecule has 2 aromatic carbocycles. The molecule has 4 rings (SSSR count). The Hall–Kier alpha value is -4.24. The quantitative estimate of drug-likeness (QED) is 0.0731. The van der Waals surface area contributed by atoms with E-state index in [-0.39, 0.29) is 16.8 Å². The van der Waals surface area contributed by atoms with E-state index in [1.54, 1.807) is 74.8 Å². The molecule has 1 atom stereocenters. The van der Waals surface area contributed by atoms with Crippen molar-refractivity contribution in [3.05, 3.63) is 98.6 Å². The maximum Gasteiger partial charge on any atom is 0.511 e. The van der Waals surface area contributed by atoms with E-state index in [2.05, 4.69) is 25.3 Å². The zero-order chi connectivity index (χ0) is 27.1. The van der Waals surface area contributed by atoms with Crippen molar-refractivity contribution in [3.8, 4) is 5.75 Å². The molecule has 0 saturated carbocycles. The third-order valence-electron chi connectivity index (χ3n) is 5.28. The maximum absolute atomic E-state index is 11.9. The van der Waals surface area contributed by atoms with Crippen LogP contribution in [0.4, 0.5) is 16.3 Å². The molecule has 0 radical (unpaired) electrons. The summed E-state index contributed by atoms with van der Waals surface area (Å²) in [5.41, 5.74) is 10.8. The van der Waals surface area contributed by atoms with Gasteiger partial charge in [-0.15, -0.1) is 0 Å². The van der Waals surface area contributed by atoms with E-state index in [4.69, 9.17) is 42.9 Å². The number of azide groups is 1. The normalized spacial score (nSPS) is 11.5. The Labute approximate surface area is 228 Å². The number of ether oxygens (including phenoxy) is 3. The first-order valence-electron chi connectivity index (χ1n) is 11.4. The van der Waals surface area contributed by atoms with Gasteiger partial charge in [0.1, 0.15) is 11.3 Å². The molecule has 4 aromatic rings. The Morgan fingerprint density at radius 3 is 2.63 bits per heavy atom. The Kier molecular flexibility index (Phi) is 8.70. The third kappa shape index (κ3) is 6.18. The van der Waals surface area contributed by atoms with E-state index in [0.29, 0.717) is 38.6 Å². The SMILES string of the molecule is CC(C)OC(=O)OCOc1c(C(Nc2ccccn2)c2cccc(N=[N+]=[N-])c2Cl)cc(Cl)c2cccnc12. The van der Waals surface area contributed by atoms with Gasteiger partial charge in [0, 0.05) is 28.3 Å². The molecular weight excluding hydrogens is 531 g/mol. The number of hydrogen-bond donors (Lipinski definition) is 1. The fourth-order valence-electron chi connectivity index (χ4n) is 3.73. The average Bonchev–Trinajstić information content (AvgIpc) is 2.90. The van der Waals surface area contributed by atoms with Gasteiger partial charge in [-0.05, 0) is 55.3 Å². The van der Waals surface area contributed by atoms with Gasteiger partial charge >= 0.3 is 6.16 Å². The van der Waals surface area contributed by atoms with Gasteiger partial charge < -0.3 is 19.5 Å². The molecule has 1 N–H and O–H groups in total. The number of rotatable bonds is 9. The number of halogens is 2. The zero-order valence-electron chi connectivity index (χ0n) is 20.3. The fraction of sp³-hybridized carbons (Fsp3) is 0.192. The minimum atomic E-state index is -0.874. The van der Waals surface area contributed by atoms with Crippen LogP contribution >= 0.6 is 23.2 Å². The Balaban J connectivity index is 1.87. The van der Waals surface area contributed by atoms with Gasteiger partial charge in [-0.1, -0.05) is 52.6 Å². The highest BCUT2D eigenvalue weighted by molar-refractivity contribution is 6.36. The molecule has 0 aliphatic carbocycles. The van der Waals surface area contributed by atoms with Crippen LogP contribution in [0.15, 0.2) is 72.1 Å².